The van der Waals surface area contributed by atoms with Crippen LogP contribution < -0.4 is 5.32 Å². The molecule has 0 aromatic carbocycles. The van der Waals surface area contributed by atoms with Crippen LogP contribution in [0.5, 0.6) is 0 Å². The summed E-state index contributed by atoms with van der Waals surface area (Å²) in [6.07, 6.45) is 6.00. The van der Waals surface area contributed by atoms with Gasteiger partial charge in [-0.25, -0.2) is 0 Å². The summed E-state index contributed by atoms with van der Waals surface area (Å²) in [5.74, 6) is -0.0773. The van der Waals surface area contributed by atoms with Crippen molar-refractivity contribution in [2.24, 2.45) is 0 Å². The minimum Gasteiger partial charge on any atom is -0.381 e. The van der Waals surface area contributed by atoms with Crippen LogP contribution in [0.15, 0.2) is 24.4 Å². The zero-order valence-corrected chi connectivity index (χ0v) is 10.1. The Hall–Kier alpha value is -1.42. The summed E-state index contributed by atoms with van der Waals surface area (Å²) in [6.45, 7) is 0. The van der Waals surface area contributed by atoms with E-state index in [1.54, 1.807) is 25.4 Å². The third kappa shape index (κ3) is 3.27. The number of hydrogen-bond acceptors (Lipinski definition) is 3. The average Bonchev–Trinajstić information content (AvgIpc) is 2.40. The van der Waals surface area contributed by atoms with E-state index in [1.165, 1.54) is 0 Å². The van der Waals surface area contributed by atoms with Crippen molar-refractivity contribution >= 4 is 5.91 Å². The second kappa shape index (κ2) is 5.77. The molecular formula is C13H18N2O2. The first-order chi connectivity index (χ1) is 8.29. The van der Waals surface area contributed by atoms with Gasteiger partial charge in [0, 0.05) is 19.3 Å². The highest BCUT2D eigenvalue weighted by atomic mass is 16.5. The monoisotopic (exact) mass is 234 g/mol. The summed E-state index contributed by atoms with van der Waals surface area (Å²) in [5, 5.41) is 3.02. The Morgan fingerprint density at radius 2 is 2.12 bits per heavy atom. The van der Waals surface area contributed by atoms with Crippen molar-refractivity contribution in [2.75, 3.05) is 7.11 Å². The highest BCUT2D eigenvalue weighted by molar-refractivity contribution is 5.92. The Balaban J connectivity index is 1.84. The summed E-state index contributed by atoms with van der Waals surface area (Å²) in [5.41, 5.74) is 0.487. The van der Waals surface area contributed by atoms with Gasteiger partial charge in [0.15, 0.2) is 0 Å². The number of ether oxygens (including phenoxy) is 1. The van der Waals surface area contributed by atoms with Crippen molar-refractivity contribution in [1.82, 2.24) is 10.3 Å². The van der Waals surface area contributed by atoms with Gasteiger partial charge in [0.25, 0.3) is 5.91 Å². The van der Waals surface area contributed by atoms with Crippen LogP contribution in [0.25, 0.3) is 0 Å². The normalized spacial score (nSPS) is 24.3. The molecule has 1 aliphatic rings. The van der Waals surface area contributed by atoms with Gasteiger partial charge in [0.05, 0.1) is 6.10 Å². The van der Waals surface area contributed by atoms with Gasteiger partial charge in [0.2, 0.25) is 0 Å². The number of methoxy groups -OCH3 is 1. The number of carbonyl (C=O) groups is 1. The molecular weight excluding hydrogens is 216 g/mol. The molecule has 1 aromatic rings. The van der Waals surface area contributed by atoms with Gasteiger partial charge >= 0.3 is 0 Å². The predicted molar refractivity (Wildman–Crippen MR) is 64.8 cm³/mol. The molecule has 0 saturated heterocycles. The number of hydrogen-bond donors (Lipinski definition) is 1. The van der Waals surface area contributed by atoms with E-state index >= 15 is 0 Å². The Morgan fingerprint density at radius 3 is 2.71 bits per heavy atom. The first kappa shape index (κ1) is 12.0. The number of rotatable bonds is 3. The molecule has 4 heteroatoms. The van der Waals surface area contributed by atoms with Crippen molar-refractivity contribution in [1.29, 1.82) is 0 Å². The van der Waals surface area contributed by atoms with E-state index in [9.17, 15) is 4.79 Å². The molecule has 2 rings (SSSR count). The molecule has 0 unspecified atom stereocenters. The highest BCUT2D eigenvalue weighted by Crippen LogP contribution is 2.20. The van der Waals surface area contributed by atoms with E-state index in [-0.39, 0.29) is 11.9 Å². The second-order valence-corrected chi connectivity index (χ2v) is 4.40. The minimum atomic E-state index is -0.0773. The molecule has 0 spiro atoms. The fourth-order valence-electron chi connectivity index (χ4n) is 2.20. The smallest absolute Gasteiger partial charge is 0.270 e. The van der Waals surface area contributed by atoms with Gasteiger partial charge in [-0.3, -0.25) is 9.78 Å². The van der Waals surface area contributed by atoms with Crippen LogP contribution in [0.2, 0.25) is 0 Å². The van der Waals surface area contributed by atoms with Gasteiger partial charge in [-0.15, -0.1) is 0 Å². The van der Waals surface area contributed by atoms with Gasteiger partial charge in [0.1, 0.15) is 5.69 Å². The largest absolute Gasteiger partial charge is 0.381 e. The molecule has 0 radical (unpaired) electrons. The Bertz CT molecular complexity index is 359. The second-order valence-electron chi connectivity index (χ2n) is 4.40. The summed E-state index contributed by atoms with van der Waals surface area (Å²) >= 11 is 0. The Morgan fingerprint density at radius 1 is 1.35 bits per heavy atom. The fraction of sp³-hybridized carbons (Fsp3) is 0.538. The maximum absolute atomic E-state index is 11.9. The van der Waals surface area contributed by atoms with Crippen LogP contribution in [-0.2, 0) is 4.74 Å². The van der Waals surface area contributed by atoms with E-state index in [4.69, 9.17) is 4.74 Å². The highest BCUT2D eigenvalue weighted by Gasteiger charge is 2.22. The van der Waals surface area contributed by atoms with E-state index < -0.39 is 0 Å². The maximum Gasteiger partial charge on any atom is 0.270 e. The lowest BCUT2D eigenvalue weighted by Gasteiger charge is -2.28. The summed E-state index contributed by atoms with van der Waals surface area (Å²) in [4.78, 5) is 15.9. The lowest BCUT2D eigenvalue weighted by atomic mass is 9.93. The lowest BCUT2D eigenvalue weighted by Crippen LogP contribution is -2.39. The molecule has 92 valence electrons. The molecule has 1 N–H and O–H groups in total. The van der Waals surface area contributed by atoms with Crippen LogP contribution in [-0.4, -0.2) is 30.1 Å². The molecule has 0 atom stereocenters. The number of amides is 1. The van der Waals surface area contributed by atoms with Crippen LogP contribution in [0.1, 0.15) is 36.2 Å². The maximum atomic E-state index is 11.9. The number of nitrogens with one attached hydrogen (secondary N) is 1. The van der Waals surface area contributed by atoms with Crippen molar-refractivity contribution in [3.05, 3.63) is 30.1 Å². The Kier molecular flexibility index (Phi) is 4.09. The van der Waals surface area contributed by atoms with Crippen molar-refractivity contribution < 1.29 is 9.53 Å². The molecule has 0 bridgehead atoms. The third-order valence-corrected chi connectivity index (χ3v) is 3.24. The van der Waals surface area contributed by atoms with E-state index in [1.807, 2.05) is 6.07 Å². The molecule has 1 saturated carbocycles. The van der Waals surface area contributed by atoms with Crippen LogP contribution in [0.3, 0.4) is 0 Å². The minimum absolute atomic E-state index is 0.0773. The predicted octanol–water partition coefficient (Wildman–Crippen LogP) is 1.77. The zero-order chi connectivity index (χ0) is 12.1. The van der Waals surface area contributed by atoms with Crippen molar-refractivity contribution in [2.45, 2.75) is 37.8 Å². The molecule has 4 nitrogen and oxygen atoms in total. The van der Waals surface area contributed by atoms with E-state index in [0.717, 1.165) is 25.7 Å². The average molecular weight is 234 g/mol. The van der Waals surface area contributed by atoms with Crippen LogP contribution in [0, 0.1) is 0 Å². The summed E-state index contributed by atoms with van der Waals surface area (Å²) in [6, 6.07) is 5.62. The molecule has 1 fully saturated rings. The fourth-order valence-corrected chi connectivity index (χ4v) is 2.20. The molecule has 1 aromatic heterocycles. The number of pyridine rings is 1. The molecule has 1 heterocycles. The summed E-state index contributed by atoms with van der Waals surface area (Å²) < 4.78 is 5.30. The number of carbonyl (C=O) groups excluding carboxylic acids is 1. The standard InChI is InChI=1S/C13H18N2O2/c1-17-11-7-5-10(6-8-11)15-13(16)12-4-2-3-9-14-12/h2-4,9-11H,5-8H2,1H3,(H,15,16)/t10-,11+. The first-order valence-corrected chi connectivity index (χ1v) is 6.04. The van der Waals surface area contributed by atoms with E-state index in [0.29, 0.717) is 11.8 Å². The molecule has 1 amide bonds. The molecule has 1 aliphatic carbocycles. The zero-order valence-electron chi connectivity index (χ0n) is 10.1. The van der Waals surface area contributed by atoms with Crippen molar-refractivity contribution in [3.8, 4) is 0 Å². The third-order valence-electron chi connectivity index (χ3n) is 3.24. The van der Waals surface area contributed by atoms with Crippen LogP contribution in [0.4, 0.5) is 0 Å². The van der Waals surface area contributed by atoms with E-state index in [2.05, 4.69) is 10.3 Å². The van der Waals surface area contributed by atoms with Gasteiger partial charge in [-0.1, -0.05) is 6.07 Å². The van der Waals surface area contributed by atoms with Crippen LogP contribution >= 0.6 is 0 Å². The van der Waals surface area contributed by atoms with Crippen molar-refractivity contribution in [3.63, 3.8) is 0 Å². The Labute approximate surface area is 101 Å². The van der Waals surface area contributed by atoms with Gasteiger partial charge in [-0.05, 0) is 37.8 Å². The SMILES string of the molecule is CO[C@H]1CC[C@@H](NC(=O)c2ccccn2)CC1. The quantitative estimate of drug-likeness (QED) is 0.867. The number of aromatic nitrogens is 1. The molecule has 17 heavy (non-hydrogen) atoms. The summed E-state index contributed by atoms with van der Waals surface area (Å²) in [7, 11) is 1.75. The topological polar surface area (TPSA) is 51.2 Å². The molecule has 0 aliphatic heterocycles. The first-order valence-electron chi connectivity index (χ1n) is 6.04. The van der Waals surface area contributed by atoms with Gasteiger partial charge < -0.3 is 10.1 Å². The lowest BCUT2D eigenvalue weighted by molar-refractivity contribution is 0.0598. The van der Waals surface area contributed by atoms with Gasteiger partial charge in [-0.2, -0.15) is 0 Å². The number of nitrogens with zero attached hydrogens (tertiary/aromatic N) is 1.